The minimum atomic E-state index is -0.401. The fourth-order valence-electron chi connectivity index (χ4n) is 2.13. The summed E-state index contributed by atoms with van der Waals surface area (Å²) in [4.78, 5) is 30.0. The molecule has 1 N–H and O–H groups in total. The molecule has 0 aromatic carbocycles. The Balaban J connectivity index is 1.99. The molecular weight excluding hydrogens is 338 g/mol. The van der Waals surface area contributed by atoms with E-state index in [2.05, 4.69) is 25.3 Å². The molecule has 7 nitrogen and oxygen atoms in total. The number of aromatic nitrogens is 4. The maximum absolute atomic E-state index is 12.4. The van der Waals surface area contributed by atoms with Crippen LogP contribution in [0.2, 0.25) is 0 Å². The molecule has 3 heterocycles. The molecule has 0 saturated heterocycles. The van der Waals surface area contributed by atoms with Gasteiger partial charge in [0.25, 0.3) is 0 Å². The highest BCUT2D eigenvalue weighted by Crippen LogP contribution is 2.33. The number of ether oxygens (including phenoxy) is 1. The van der Waals surface area contributed by atoms with Crippen LogP contribution in [0, 0.1) is 6.92 Å². The van der Waals surface area contributed by atoms with Gasteiger partial charge in [-0.3, -0.25) is 4.98 Å². The summed E-state index contributed by atoms with van der Waals surface area (Å²) in [6.07, 6.45) is 5.69. The molecule has 0 fully saturated rings. The lowest BCUT2D eigenvalue weighted by Gasteiger charge is -2.04. The quantitative estimate of drug-likeness (QED) is 0.675. The third-order valence-corrected chi connectivity index (χ3v) is 4.22. The summed E-state index contributed by atoms with van der Waals surface area (Å²) in [5.74, 6) is 0.00968. The number of nitrogens with one attached hydrogen (secondary N) is 1. The standard InChI is InChI=1S/C17H17N5O2S/c1-3-10-24-15(23)14-13(12-11(2)6-4-7-18-12)21-17(25-14)22-16-19-8-5-9-20-16/h4-9H,3,10H2,1-2H3,(H,19,20,21,22). The van der Waals surface area contributed by atoms with Gasteiger partial charge in [0, 0.05) is 18.6 Å². The molecule has 3 aromatic heterocycles. The van der Waals surface area contributed by atoms with Crippen molar-refractivity contribution in [1.29, 1.82) is 0 Å². The van der Waals surface area contributed by atoms with Gasteiger partial charge in [-0.2, -0.15) is 0 Å². The number of thiazole rings is 1. The number of aryl methyl sites for hydroxylation is 1. The monoisotopic (exact) mass is 355 g/mol. The van der Waals surface area contributed by atoms with Crippen molar-refractivity contribution in [1.82, 2.24) is 19.9 Å². The molecule has 25 heavy (non-hydrogen) atoms. The Morgan fingerprint density at radius 1 is 1.16 bits per heavy atom. The molecule has 0 aliphatic heterocycles. The van der Waals surface area contributed by atoms with Crippen molar-refractivity contribution in [2.24, 2.45) is 0 Å². The number of hydrogen-bond donors (Lipinski definition) is 1. The molecule has 0 bridgehead atoms. The lowest BCUT2D eigenvalue weighted by Crippen LogP contribution is -2.06. The molecule has 0 aliphatic rings. The third-order valence-electron chi connectivity index (χ3n) is 3.27. The Labute approximate surface area is 149 Å². The fourth-order valence-corrected chi connectivity index (χ4v) is 2.98. The van der Waals surface area contributed by atoms with E-state index in [9.17, 15) is 4.79 Å². The van der Waals surface area contributed by atoms with E-state index >= 15 is 0 Å². The summed E-state index contributed by atoms with van der Waals surface area (Å²) >= 11 is 1.20. The Hall–Kier alpha value is -2.87. The second kappa shape index (κ2) is 7.80. The fraction of sp³-hybridized carbons (Fsp3) is 0.235. The summed E-state index contributed by atoms with van der Waals surface area (Å²) in [5.41, 5.74) is 2.09. The minimum Gasteiger partial charge on any atom is -0.461 e. The maximum Gasteiger partial charge on any atom is 0.350 e. The maximum atomic E-state index is 12.4. The highest BCUT2D eigenvalue weighted by molar-refractivity contribution is 7.18. The summed E-state index contributed by atoms with van der Waals surface area (Å²) < 4.78 is 5.29. The van der Waals surface area contributed by atoms with Gasteiger partial charge in [0.05, 0.1) is 12.3 Å². The van der Waals surface area contributed by atoms with Gasteiger partial charge in [-0.25, -0.2) is 19.7 Å². The van der Waals surface area contributed by atoms with Crippen molar-refractivity contribution in [3.63, 3.8) is 0 Å². The Kier molecular flexibility index (Phi) is 5.30. The molecule has 8 heteroatoms. The van der Waals surface area contributed by atoms with Crippen LogP contribution in [0.1, 0.15) is 28.6 Å². The Bertz CT molecular complexity index is 866. The average molecular weight is 355 g/mol. The number of esters is 1. The number of carbonyl (C=O) groups is 1. The predicted molar refractivity (Wildman–Crippen MR) is 96.0 cm³/mol. The molecule has 0 aliphatic carbocycles. The first-order valence-electron chi connectivity index (χ1n) is 7.83. The van der Waals surface area contributed by atoms with Gasteiger partial charge in [-0.1, -0.05) is 24.3 Å². The van der Waals surface area contributed by atoms with Gasteiger partial charge in [0.1, 0.15) is 10.6 Å². The lowest BCUT2D eigenvalue weighted by atomic mass is 10.1. The van der Waals surface area contributed by atoms with Gasteiger partial charge < -0.3 is 10.1 Å². The molecular formula is C17H17N5O2S. The second-order valence-electron chi connectivity index (χ2n) is 5.20. The van der Waals surface area contributed by atoms with Gasteiger partial charge in [0.15, 0.2) is 5.13 Å². The highest BCUT2D eigenvalue weighted by atomic mass is 32.1. The molecule has 128 valence electrons. The average Bonchev–Trinajstić information content (AvgIpc) is 3.04. The van der Waals surface area contributed by atoms with Crippen molar-refractivity contribution in [2.45, 2.75) is 20.3 Å². The molecule has 0 spiro atoms. The molecule has 0 unspecified atom stereocenters. The topological polar surface area (TPSA) is 89.9 Å². The van der Waals surface area contributed by atoms with E-state index in [1.54, 1.807) is 24.7 Å². The molecule has 0 radical (unpaired) electrons. The van der Waals surface area contributed by atoms with E-state index in [1.807, 2.05) is 26.0 Å². The molecule has 0 saturated carbocycles. The predicted octanol–water partition coefficient (Wildman–Crippen LogP) is 3.61. The number of anilines is 2. The first-order valence-corrected chi connectivity index (χ1v) is 8.64. The summed E-state index contributed by atoms with van der Waals surface area (Å²) in [5, 5.41) is 3.52. The molecule has 0 atom stereocenters. The minimum absolute atomic E-state index is 0.363. The van der Waals surface area contributed by atoms with Crippen molar-refractivity contribution in [2.75, 3.05) is 11.9 Å². The van der Waals surface area contributed by atoms with Crippen LogP contribution in [0.4, 0.5) is 11.1 Å². The van der Waals surface area contributed by atoms with Crippen LogP contribution in [-0.2, 0) is 4.74 Å². The van der Waals surface area contributed by atoms with Crippen LogP contribution in [0.15, 0.2) is 36.8 Å². The SMILES string of the molecule is CCCOC(=O)c1sc(Nc2ncccn2)nc1-c1ncccc1C. The van der Waals surface area contributed by atoms with E-state index in [0.29, 0.717) is 34.0 Å². The van der Waals surface area contributed by atoms with E-state index in [0.717, 1.165) is 12.0 Å². The zero-order valence-corrected chi connectivity index (χ0v) is 14.7. The zero-order chi connectivity index (χ0) is 17.6. The van der Waals surface area contributed by atoms with E-state index in [1.165, 1.54) is 11.3 Å². The van der Waals surface area contributed by atoms with Crippen LogP contribution >= 0.6 is 11.3 Å². The first kappa shape index (κ1) is 17.0. The second-order valence-corrected chi connectivity index (χ2v) is 6.20. The van der Waals surface area contributed by atoms with Gasteiger partial charge >= 0.3 is 5.97 Å². The van der Waals surface area contributed by atoms with Crippen LogP contribution in [0.3, 0.4) is 0 Å². The number of rotatable bonds is 6. The number of hydrogen-bond acceptors (Lipinski definition) is 8. The van der Waals surface area contributed by atoms with Gasteiger partial charge in [-0.15, -0.1) is 0 Å². The summed E-state index contributed by atoms with van der Waals surface area (Å²) in [6, 6.07) is 5.50. The first-order chi connectivity index (χ1) is 12.2. The van der Waals surface area contributed by atoms with Crippen LogP contribution in [0.25, 0.3) is 11.4 Å². The van der Waals surface area contributed by atoms with Crippen LogP contribution < -0.4 is 5.32 Å². The normalized spacial score (nSPS) is 10.5. The molecule has 0 amide bonds. The molecule has 3 aromatic rings. The summed E-state index contributed by atoms with van der Waals surface area (Å²) in [6.45, 7) is 4.24. The number of nitrogens with zero attached hydrogens (tertiary/aromatic N) is 4. The van der Waals surface area contributed by atoms with E-state index in [4.69, 9.17) is 4.74 Å². The van der Waals surface area contributed by atoms with Gasteiger partial charge in [0.2, 0.25) is 5.95 Å². The number of pyridine rings is 1. The smallest absolute Gasteiger partial charge is 0.350 e. The largest absolute Gasteiger partial charge is 0.461 e. The van der Waals surface area contributed by atoms with Crippen molar-refractivity contribution in [3.05, 3.63) is 47.2 Å². The van der Waals surface area contributed by atoms with Gasteiger partial charge in [-0.05, 0) is 31.0 Å². The Morgan fingerprint density at radius 2 is 1.92 bits per heavy atom. The van der Waals surface area contributed by atoms with Crippen molar-refractivity contribution >= 4 is 28.4 Å². The zero-order valence-electron chi connectivity index (χ0n) is 13.9. The third kappa shape index (κ3) is 3.97. The Morgan fingerprint density at radius 3 is 2.64 bits per heavy atom. The molecule has 3 rings (SSSR count). The van der Waals surface area contributed by atoms with Crippen molar-refractivity contribution in [3.8, 4) is 11.4 Å². The lowest BCUT2D eigenvalue weighted by molar-refractivity contribution is 0.0511. The van der Waals surface area contributed by atoms with E-state index in [-0.39, 0.29) is 0 Å². The highest BCUT2D eigenvalue weighted by Gasteiger charge is 2.23. The summed E-state index contributed by atoms with van der Waals surface area (Å²) in [7, 11) is 0. The van der Waals surface area contributed by atoms with Crippen molar-refractivity contribution < 1.29 is 9.53 Å². The van der Waals surface area contributed by atoms with Crippen LogP contribution in [-0.4, -0.2) is 32.5 Å². The number of carbonyl (C=O) groups excluding carboxylic acids is 1. The van der Waals surface area contributed by atoms with E-state index < -0.39 is 5.97 Å². The van der Waals surface area contributed by atoms with Crippen LogP contribution in [0.5, 0.6) is 0 Å².